The molecule has 1 amide bonds. The molecule has 33 heavy (non-hydrogen) atoms. The van der Waals surface area contributed by atoms with Crippen molar-refractivity contribution in [3.63, 3.8) is 0 Å². The highest BCUT2D eigenvalue weighted by molar-refractivity contribution is 5.77. The van der Waals surface area contributed by atoms with Gasteiger partial charge in [-0.05, 0) is 31.0 Å². The number of aromatic nitrogens is 7. The normalized spacial score (nSPS) is 16.3. The first kappa shape index (κ1) is 20.9. The number of nitrogens with one attached hydrogen (secondary N) is 1. The second-order valence-corrected chi connectivity index (χ2v) is 8.25. The lowest BCUT2D eigenvalue weighted by molar-refractivity contribution is -0.121. The zero-order chi connectivity index (χ0) is 22.9. The fourth-order valence-electron chi connectivity index (χ4n) is 4.13. The predicted octanol–water partition coefficient (Wildman–Crippen LogP) is 1.66. The van der Waals surface area contributed by atoms with Gasteiger partial charge in [0.1, 0.15) is 11.6 Å². The zero-order valence-corrected chi connectivity index (χ0v) is 18.6. The molecule has 5 heterocycles. The molecule has 1 fully saturated rings. The molecule has 0 aliphatic carbocycles. The van der Waals surface area contributed by atoms with E-state index in [9.17, 15) is 4.79 Å². The van der Waals surface area contributed by atoms with Crippen LogP contribution in [0.1, 0.15) is 26.2 Å². The van der Waals surface area contributed by atoms with Gasteiger partial charge >= 0.3 is 0 Å². The van der Waals surface area contributed by atoms with Crippen molar-refractivity contribution in [1.29, 1.82) is 0 Å². The van der Waals surface area contributed by atoms with Gasteiger partial charge in [-0.3, -0.25) is 9.48 Å². The first-order valence-electron chi connectivity index (χ1n) is 11.0. The minimum atomic E-state index is 0.0721. The van der Waals surface area contributed by atoms with Gasteiger partial charge in [-0.1, -0.05) is 6.92 Å². The Balaban J connectivity index is 1.49. The Morgan fingerprint density at radius 2 is 2.12 bits per heavy atom. The van der Waals surface area contributed by atoms with E-state index in [1.165, 1.54) is 0 Å². The molecule has 0 saturated carbocycles. The average Bonchev–Trinajstić information content (AvgIpc) is 3.45. The van der Waals surface area contributed by atoms with Crippen molar-refractivity contribution in [3.8, 4) is 22.5 Å². The highest BCUT2D eigenvalue weighted by Gasteiger charge is 2.23. The number of amides is 1. The number of anilines is 2. The van der Waals surface area contributed by atoms with Crippen LogP contribution in [-0.2, 0) is 11.8 Å². The SMILES string of the molecule is CCC(=O)NC1CCCN(c2ccc3nnc(-c4cc(-c5cnn(C)c5)cnc4N)n3n2)C1. The van der Waals surface area contributed by atoms with Gasteiger partial charge < -0.3 is 16.0 Å². The Morgan fingerprint density at radius 3 is 2.91 bits per heavy atom. The molecule has 0 aromatic carbocycles. The standard InChI is InChI=1S/C22H26N10O/c1-3-20(33)26-16-5-4-8-31(13-16)19-7-6-18-27-28-22(32(18)29-19)17-9-14(10-24-21(17)23)15-11-25-30(2)12-15/h6-7,9-12,16H,3-5,8,13H2,1-2H3,(H2,23,24)(H,26,33). The Bertz CT molecular complexity index is 1310. The molecule has 1 aliphatic rings. The van der Waals surface area contributed by atoms with Gasteiger partial charge in [0.05, 0.1) is 11.8 Å². The molecule has 1 saturated heterocycles. The summed E-state index contributed by atoms with van der Waals surface area (Å²) in [6.45, 7) is 3.44. The molecule has 1 unspecified atom stereocenters. The number of carbonyl (C=O) groups is 1. The van der Waals surface area contributed by atoms with E-state index in [1.54, 1.807) is 21.6 Å². The summed E-state index contributed by atoms with van der Waals surface area (Å²) < 4.78 is 3.43. The number of fused-ring (bicyclic) bond motifs is 1. The third-order valence-electron chi connectivity index (χ3n) is 5.88. The van der Waals surface area contributed by atoms with Gasteiger partial charge in [-0.2, -0.15) is 9.61 Å². The molecule has 11 heteroatoms. The topological polar surface area (TPSA) is 132 Å². The fourth-order valence-corrected chi connectivity index (χ4v) is 4.13. The smallest absolute Gasteiger partial charge is 0.219 e. The summed E-state index contributed by atoms with van der Waals surface area (Å²) in [6, 6.07) is 5.87. The molecule has 1 atom stereocenters. The van der Waals surface area contributed by atoms with Crippen LogP contribution in [0.5, 0.6) is 0 Å². The molecular weight excluding hydrogens is 420 g/mol. The molecule has 170 valence electrons. The van der Waals surface area contributed by atoms with E-state index in [1.807, 2.05) is 38.4 Å². The molecule has 0 spiro atoms. The lowest BCUT2D eigenvalue weighted by Gasteiger charge is -2.33. The highest BCUT2D eigenvalue weighted by Crippen LogP contribution is 2.29. The molecule has 3 N–H and O–H groups in total. The Labute approximate surface area is 190 Å². The predicted molar refractivity (Wildman–Crippen MR) is 124 cm³/mol. The lowest BCUT2D eigenvalue weighted by atomic mass is 10.1. The monoisotopic (exact) mass is 446 g/mol. The maximum Gasteiger partial charge on any atom is 0.219 e. The summed E-state index contributed by atoms with van der Waals surface area (Å²) in [7, 11) is 1.87. The molecule has 0 bridgehead atoms. The molecule has 4 aromatic rings. The lowest BCUT2D eigenvalue weighted by Crippen LogP contribution is -2.48. The number of hydrogen-bond acceptors (Lipinski definition) is 8. The number of hydrogen-bond donors (Lipinski definition) is 2. The number of aryl methyl sites for hydroxylation is 1. The average molecular weight is 447 g/mol. The van der Waals surface area contributed by atoms with E-state index >= 15 is 0 Å². The second kappa shape index (κ2) is 8.49. The van der Waals surface area contributed by atoms with Crippen LogP contribution in [0.3, 0.4) is 0 Å². The van der Waals surface area contributed by atoms with Crippen LogP contribution < -0.4 is 16.0 Å². The minimum absolute atomic E-state index is 0.0721. The van der Waals surface area contributed by atoms with E-state index in [2.05, 4.69) is 30.5 Å². The number of rotatable bonds is 5. The van der Waals surface area contributed by atoms with Crippen LogP contribution in [0.15, 0.2) is 36.8 Å². The van der Waals surface area contributed by atoms with E-state index in [0.717, 1.165) is 36.3 Å². The molecule has 1 aliphatic heterocycles. The molecule has 11 nitrogen and oxygen atoms in total. The summed E-state index contributed by atoms with van der Waals surface area (Å²) in [5.74, 6) is 1.75. The summed E-state index contributed by atoms with van der Waals surface area (Å²) >= 11 is 0. The van der Waals surface area contributed by atoms with Gasteiger partial charge in [0.25, 0.3) is 0 Å². The summed E-state index contributed by atoms with van der Waals surface area (Å²) in [4.78, 5) is 18.4. The van der Waals surface area contributed by atoms with Crippen LogP contribution in [0.25, 0.3) is 28.2 Å². The molecule has 4 aromatic heterocycles. The maximum atomic E-state index is 11.8. The largest absolute Gasteiger partial charge is 0.383 e. The van der Waals surface area contributed by atoms with E-state index in [0.29, 0.717) is 35.8 Å². The van der Waals surface area contributed by atoms with Crippen molar-refractivity contribution < 1.29 is 4.79 Å². The van der Waals surface area contributed by atoms with Crippen LogP contribution in [0.2, 0.25) is 0 Å². The summed E-state index contributed by atoms with van der Waals surface area (Å²) in [5, 5.41) is 20.8. The molecule has 5 rings (SSSR count). The number of pyridine rings is 1. The number of nitrogens with zero attached hydrogens (tertiary/aromatic N) is 8. The van der Waals surface area contributed by atoms with Gasteiger partial charge in [-0.15, -0.1) is 15.3 Å². The van der Waals surface area contributed by atoms with Crippen molar-refractivity contribution in [1.82, 2.24) is 39.9 Å². The first-order valence-corrected chi connectivity index (χ1v) is 11.0. The van der Waals surface area contributed by atoms with Crippen molar-refractivity contribution in [3.05, 3.63) is 36.8 Å². The van der Waals surface area contributed by atoms with Crippen molar-refractivity contribution in [2.24, 2.45) is 7.05 Å². The van der Waals surface area contributed by atoms with Gasteiger partial charge in [-0.25, -0.2) is 4.98 Å². The third-order valence-corrected chi connectivity index (χ3v) is 5.88. The van der Waals surface area contributed by atoms with Crippen molar-refractivity contribution in [2.45, 2.75) is 32.2 Å². The van der Waals surface area contributed by atoms with Crippen molar-refractivity contribution >= 4 is 23.2 Å². The summed E-state index contributed by atoms with van der Waals surface area (Å²) in [5.41, 5.74) is 9.31. The van der Waals surface area contributed by atoms with E-state index in [-0.39, 0.29) is 11.9 Å². The Hall–Kier alpha value is -4.02. The maximum absolute atomic E-state index is 11.8. The van der Waals surface area contributed by atoms with Crippen LogP contribution in [0, 0.1) is 0 Å². The number of nitrogen functional groups attached to an aromatic ring is 1. The summed E-state index contributed by atoms with van der Waals surface area (Å²) in [6.07, 6.45) is 7.84. The zero-order valence-electron chi connectivity index (χ0n) is 18.6. The van der Waals surface area contributed by atoms with Gasteiger partial charge in [0, 0.05) is 56.1 Å². The fraction of sp³-hybridized carbons (Fsp3) is 0.364. The second-order valence-electron chi connectivity index (χ2n) is 8.25. The number of piperidine rings is 1. The Morgan fingerprint density at radius 1 is 1.24 bits per heavy atom. The molecular formula is C22H26N10O. The third kappa shape index (κ3) is 4.09. The van der Waals surface area contributed by atoms with E-state index < -0.39 is 0 Å². The quantitative estimate of drug-likeness (QED) is 0.473. The Kier molecular flexibility index (Phi) is 5.37. The molecule has 0 radical (unpaired) electrons. The first-order chi connectivity index (χ1) is 16.0. The highest BCUT2D eigenvalue weighted by atomic mass is 16.1. The van der Waals surface area contributed by atoms with E-state index in [4.69, 9.17) is 10.8 Å². The van der Waals surface area contributed by atoms with Crippen LogP contribution >= 0.6 is 0 Å². The van der Waals surface area contributed by atoms with Crippen molar-refractivity contribution in [2.75, 3.05) is 23.7 Å². The van der Waals surface area contributed by atoms with Crippen LogP contribution in [-0.4, -0.2) is 59.6 Å². The number of nitrogens with two attached hydrogens (primary N) is 1. The van der Waals surface area contributed by atoms with Gasteiger partial charge in [0.15, 0.2) is 11.5 Å². The minimum Gasteiger partial charge on any atom is -0.383 e. The number of carbonyl (C=O) groups excluding carboxylic acids is 1. The van der Waals surface area contributed by atoms with Crippen LogP contribution in [0.4, 0.5) is 11.6 Å². The van der Waals surface area contributed by atoms with Gasteiger partial charge in [0.2, 0.25) is 5.91 Å².